The lowest BCUT2D eigenvalue weighted by molar-refractivity contribution is 0.0706. The van der Waals surface area contributed by atoms with E-state index in [-0.39, 0.29) is 5.91 Å². The first-order valence-electron chi connectivity index (χ1n) is 8.45. The summed E-state index contributed by atoms with van der Waals surface area (Å²) in [6.07, 6.45) is 3.55. The van der Waals surface area contributed by atoms with Crippen molar-refractivity contribution in [2.75, 3.05) is 6.54 Å². The molecule has 0 fully saturated rings. The lowest BCUT2D eigenvalue weighted by atomic mass is 10.1. The van der Waals surface area contributed by atoms with Gasteiger partial charge in [0.25, 0.3) is 5.91 Å². The third-order valence-corrected chi connectivity index (χ3v) is 4.47. The van der Waals surface area contributed by atoms with Gasteiger partial charge in [0, 0.05) is 31.4 Å². The zero-order chi connectivity index (χ0) is 17.4. The second-order valence-electron chi connectivity index (χ2n) is 6.48. The SMILES string of the molecule is CC(C)c1nnc2n1CCN(C(=O)c1ccccc1-n1cccn1)C2. The minimum Gasteiger partial charge on any atom is -0.329 e. The predicted molar refractivity (Wildman–Crippen MR) is 92.4 cm³/mol. The van der Waals surface area contributed by atoms with Gasteiger partial charge in [-0.2, -0.15) is 5.10 Å². The lowest BCUT2D eigenvalue weighted by Crippen LogP contribution is -2.39. The summed E-state index contributed by atoms with van der Waals surface area (Å²) in [5.74, 6) is 2.15. The summed E-state index contributed by atoms with van der Waals surface area (Å²) in [7, 11) is 0. The third kappa shape index (κ3) is 2.71. The number of nitrogens with zero attached hydrogens (tertiary/aromatic N) is 6. The van der Waals surface area contributed by atoms with Crippen molar-refractivity contribution >= 4 is 5.91 Å². The average molecular weight is 336 g/mol. The number of benzene rings is 1. The summed E-state index contributed by atoms with van der Waals surface area (Å²) in [5.41, 5.74) is 1.43. The highest BCUT2D eigenvalue weighted by Gasteiger charge is 2.27. The summed E-state index contributed by atoms with van der Waals surface area (Å²) >= 11 is 0. The Labute approximate surface area is 145 Å². The first-order chi connectivity index (χ1) is 12.1. The van der Waals surface area contributed by atoms with Gasteiger partial charge in [-0.15, -0.1) is 10.2 Å². The maximum absolute atomic E-state index is 13.1. The van der Waals surface area contributed by atoms with Crippen LogP contribution < -0.4 is 0 Å². The third-order valence-electron chi connectivity index (χ3n) is 4.47. The number of hydrogen-bond donors (Lipinski definition) is 0. The van der Waals surface area contributed by atoms with Crippen molar-refractivity contribution in [2.45, 2.75) is 32.9 Å². The molecule has 7 nitrogen and oxygen atoms in total. The highest BCUT2D eigenvalue weighted by Crippen LogP contribution is 2.21. The molecule has 0 N–H and O–H groups in total. The van der Waals surface area contributed by atoms with Crippen LogP contribution in [0.15, 0.2) is 42.7 Å². The summed E-state index contributed by atoms with van der Waals surface area (Å²) in [6.45, 7) is 6.07. The monoisotopic (exact) mass is 336 g/mol. The van der Waals surface area contributed by atoms with Crippen LogP contribution in [0.25, 0.3) is 5.69 Å². The molecule has 128 valence electrons. The number of carbonyl (C=O) groups is 1. The van der Waals surface area contributed by atoms with Gasteiger partial charge < -0.3 is 9.47 Å². The van der Waals surface area contributed by atoms with Crippen molar-refractivity contribution in [2.24, 2.45) is 0 Å². The normalized spacial score (nSPS) is 14.0. The minimum absolute atomic E-state index is 0.00792. The molecule has 1 amide bonds. The van der Waals surface area contributed by atoms with Gasteiger partial charge in [0.1, 0.15) is 5.82 Å². The van der Waals surface area contributed by atoms with Gasteiger partial charge in [0.05, 0.1) is 17.8 Å². The van der Waals surface area contributed by atoms with Gasteiger partial charge in [-0.1, -0.05) is 26.0 Å². The number of amides is 1. The second kappa shape index (κ2) is 6.16. The van der Waals surface area contributed by atoms with Crippen LogP contribution in [0.5, 0.6) is 0 Å². The van der Waals surface area contributed by atoms with E-state index in [0.29, 0.717) is 24.6 Å². The average Bonchev–Trinajstić information content (AvgIpc) is 3.30. The van der Waals surface area contributed by atoms with Gasteiger partial charge in [-0.3, -0.25) is 4.79 Å². The van der Waals surface area contributed by atoms with Crippen molar-refractivity contribution in [3.8, 4) is 5.69 Å². The van der Waals surface area contributed by atoms with E-state index in [1.807, 2.05) is 41.4 Å². The predicted octanol–water partition coefficient (Wildman–Crippen LogP) is 2.24. The molecule has 1 aromatic carbocycles. The smallest absolute Gasteiger partial charge is 0.256 e. The van der Waals surface area contributed by atoms with Gasteiger partial charge in [0.15, 0.2) is 5.82 Å². The topological polar surface area (TPSA) is 68.8 Å². The molecule has 7 heteroatoms. The van der Waals surface area contributed by atoms with Crippen molar-refractivity contribution in [3.05, 3.63) is 59.9 Å². The molecule has 0 bridgehead atoms. The standard InChI is InChI=1S/C18H20N6O/c1-13(2)17-21-20-16-12-22(10-11-23(16)17)18(25)14-6-3-4-7-15(14)24-9-5-8-19-24/h3-9,13H,10-12H2,1-2H3. The van der Waals surface area contributed by atoms with Crippen LogP contribution >= 0.6 is 0 Å². The zero-order valence-corrected chi connectivity index (χ0v) is 14.3. The molecule has 0 unspecified atom stereocenters. The molecule has 3 heterocycles. The number of para-hydroxylation sites is 1. The molecule has 0 saturated carbocycles. The Kier molecular flexibility index (Phi) is 3.83. The van der Waals surface area contributed by atoms with E-state index in [9.17, 15) is 4.79 Å². The minimum atomic E-state index is -0.00792. The van der Waals surface area contributed by atoms with E-state index in [1.165, 1.54) is 0 Å². The first-order valence-corrected chi connectivity index (χ1v) is 8.45. The Bertz CT molecular complexity index is 896. The van der Waals surface area contributed by atoms with E-state index in [0.717, 1.165) is 23.9 Å². The van der Waals surface area contributed by atoms with Crippen LogP contribution in [-0.4, -0.2) is 41.9 Å². The van der Waals surface area contributed by atoms with Crippen molar-refractivity contribution in [3.63, 3.8) is 0 Å². The molecule has 3 aromatic rings. The molecular formula is C18H20N6O. The van der Waals surface area contributed by atoms with Gasteiger partial charge in [-0.25, -0.2) is 4.68 Å². The summed E-state index contributed by atoms with van der Waals surface area (Å²) in [6, 6.07) is 9.39. The highest BCUT2D eigenvalue weighted by molar-refractivity contribution is 5.97. The molecule has 4 rings (SSSR count). The number of rotatable bonds is 3. The van der Waals surface area contributed by atoms with E-state index < -0.39 is 0 Å². The Balaban J connectivity index is 1.63. The lowest BCUT2D eigenvalue weighted by Gasteiger charge is -2.28. The molecule has 0 atom stereocenters. The fourth-order valence-electron chi connectivity index (χ4n) is 3.22. The summed E-state index contributed by atoms with van der Waals surface area (Å²) in [4.78, 5) is 14.9. The van der Waals surface area contributed by atoms with E-state index in [4.69, 9.17) is 0 Å². The Morgan fingerprint density at radius 2 is 1.96 bits per heavy atom. The quantitative estimate of drug-likeness (QED) is 0.735. The molecule has 0 spiro atoms. The molecule has 1 aliphatic heterocycles. The van der Waals surface area contributed by atoms with Crippen LogP contribution in [-0.2, 0) is 13.1 Å². The zero-order valence-electron chi connectivity index (χ0n) is 14.3. The van der Waals surface area contributed by atoms with Crippen molar-refractivity contribution < 1.29 is 4.79 Å². The number of carbonyl (C=O) groups excluding carboxylic acids is 1. The maximum Gasteiger partial charge on any atom is 0.256 e. The molecule has 1 aliphatic rings. The number of aromatic nitrogens is 5. The number of fused-ring (bicyclic) bond motifs is 1. The Morgan fingerprint density at radius 1 is 1.12 bits per heavy atom. The first kappa shape index (κ1) is 15.6. The van der Waals surface area contributed by atoms with Crippen LogP contribution in [0.4, 0.5) is 0 Å². The molecule has 0 radical (unpaired) electrons. The van der Waals surface area contributed by atoms with E-state index in [2.05, 4.69) is 33.7 Å². The molecule has 25 heavy (non-hydrogen) atoms. The summed E-state index contributed by atoms with van der Waals surface area (Å²) < 4.78 is 3.85. The van der Waals surface area contributed by atoms with Gasteiger partial charge in [-0.05, 0) is 18.2 Å². The van der Waals surface area contributed by atoms with Crippen molar-refractivity contribution in [1.82, 2.24) is 29.4 Å². The maximum atomic E-state index is 13.1. The van der Waals surface area contributed by atoms with Gasteiger partial charge >= 0.3 is 0 Å². The van der Waals surface area contributed by atoms with Crippen LogP contribution in [0, 0.1) is 0 Å². The van der Waals surface area contributed by atoms with Crippen LogP contribution in [0.1, 0.15) is 41.8 Å². The second-order valence-corrected chi connectivity index (χ2v) is 6.48. The highest BCUT2D eigenvalue weighted by atomic mass is 16.2. The van der Waals surface area contributed by atoms with Crippen molar-refractivity contribution in [1.29, 1.82) is 0 Å². The molecule has 0 aliphatic carbocycles. The fourth-order valence-corrected chi connectivity index (χ4v) is 3.22. The van der Waals surface area contributed by atoms with Gasteiger partial charge in [0.2, 0.25) is 0 Å². The largest absolute Gasteiger partial charge is 0.329 e. The van der Waals surface area contributed by atoms with E-state index >= 15 is 0 Å². The Hall–Kier alpha value is -2.96. The Morgan fingerprint density at radius 3 is 2.72 bits per heavy atom. The van der Waals surface area contributed by atoms with Crippen LogP contribution in [0.2, 0.25) is 0 Å². The van der Waals surface area contributed by atoms with E-state index in [1.54, 1.807) is 10.9 Å². The number of hydrogen-bond acceptors (Lipinski definition) is 4. The fraction of sp³-hybridized carbons (Fsp3) is 0.333. The van der Waals surface area contributed by atoms with Crippen LogP contribution in [0.3, 0.4) is 0 Å². The molecular weight excluding hydrogens is 316 g/mol. The molecule has 0 saturated heterocycles. The molecule has 2 aromatic heterocycles. The summed E-state index contributed by atoms with van der Waals surface area (Å²) in [5, 5.41) is 12.8.